The van der Waals surface area contributed by atoms with Gasteiger partial charge in [0, 0.05) is 12.6 Å². The number of rotatable bonds is 6. The van der Waals surface area contributed by atoms with Gasteiger partial charge in [-0.1, -0.05) is 11.8 Å². The highest BCUT2D eigenvalue weighted by molar-refractivity contribution is 8.00. The fraction of sp³-hybridized carbons (Fsp3) is 0.769. The summed E-state index contributed by atoms with van der Waals surface area (Å²) in [6.45, 7) is 3.08. The molecular weight excluding hydrogens is 292 g/mol. The average Bonchev–Trinajstić information content (AvgIpc) is 3.00. The molecular formula is C13H20N4O3S. The number of hydrogen-bond acceptors (Lipinski definition) is 5. The molecule has 2 fully saturated rings. The molecule has 1 aromatic rings. The van der Waals surface area contributed by atoms with E-state index >= 15 is 0 Å². The normalized spacial score (nSPS) is 23.2. The molecule has 0 bridgehead atoms. The molecule has 0 radical (unpaired) electrons. The highest BCUT2D eigenvalue weighted by Crippen LogP contribution is 2.24. The fourth-order valence-corrected chi connectivity index (χ4v) is 3.18. The number of amides is 1. The van der Waals surface area contributed by atoms with Crippen molar-refractivity contribution in [1.82, 2.24) is 20.1 Å². The number of aromatic amines is 1. The summed E-state index contributed by atoms with van der Waals surface area (Å²) in [5.74, 6) is 0.00150. The lowest BCUT2D eigenvalue weighted by molar-refractivity contribution is -0.120. The van der Waals surface area contributed by atoms with E-state index in [-0.39, 0.29) is 23.0 Å². The molecule has 1 aliphatic carbocycles. The first kappa shape index (κ1) is 14.6. The van der Waals surface area contributed by atoms with Crippen molar-refractivity contribution in [2.45, 2.75) is 61.7 Å². The van der Waals surface area contributed by atoms with Gasteiger partial charge in [-0.25, -0.2) is 9.89 Å². The predicted octanol–water partition coefficient (Wildman–Crippen LogP) is 0.510. The Labute approximate surface area is 126 Å². The smallest absolute Gasteiger partial charge is 0.344 e. The third kappa shape index (κ3) is 3.68. The third-order valence-corrected chi connectivity index (χ3v) is 4.80. The van der Waals surface area contributed by atoms with E-state index in [0.29, 0.717) is 17.7 Å². The molecule has 116 valence electrons. The van der Waals surface area contributed by atoms with Crippen LogP contribution in [0.25, 0.3) is 0 Å². The van der Waals surface area contributed by atoms with Gasteiger partial charge >= 0.3 is 5.69 Å². The highest BCUT2D eigenvalue weighted by atomic mass is 32.2. The average molecular weight is 312 g/mol. The van der Waals surface area contributed by atoms with Gasteiger partial charge in [0.05, 0.1) is 17.9 Å². The minimum Gasteiger partial charge on any atom is -0.376 e. The summed E-state index contributed by atoms with van der Waals surface area (Å²) >= 11 is 1.31. The number of nitrogens with one attached hydrogen (secondary N) is 2. The molecule has 2 aliphatic rings. The summed E-state index contributed by atoms with van der Waals surface area (Å²) in [5, 5.41) is 9.73. The van der Waals surface area contributed by atoms with E-state index in [0.717, 1.165) is 32.3 Å². The lowest BCUT2D eigenvalue weighted by atomic mass is 10.2. The lowest BCUT2D eigenvalue weighted by Crippen LogP contribution is -2.33. The van der Waals surface area contributed by atoms with E-state index in [1.165, 1.54) is 11.8 Å². The van der Waals surface area contributed by atoms with E-state index in [4.69, 9.17) is 4.74 Å². The molecule has 0 unspecified atom stereocenters. The minimum absolute atomic E-state index is 0.00150. The summed E-state index contributed by atoms with van der Waals surface area (Å²) in [7, 11) is 0. The number of ether oxygens (including phenoxy) is 1. The largest absolute Gasteiger partial charge is 0.376 e. The van der Waals surface area contributed by atoms with Crippen LogP contribution in [0.3, 0.4) is 0 Å². The van der Waals surface area contributed by atoms with Crippen molar-refractivity contribution in [3.63, 3.8) is 0 Å². The number of carbonyl (C=O) groups excluding carboxylic acids is 1. The zero-order chi connectivity index (χ0) is 14.8. The molecule has 8 heteroatoms. The molecule has 2 heterocycles. The number of hydrogen-bond donors (Lipinski definition) is 2. The summed E-state index contributed by atoms with van der Waals surface area (Å²) < 4.78 is 7.13. The minimum atomic E-state index is -0.274. The van der Waals surface area contributed by atoms with Crippen LogP contribution in [0.2, 0.25) is 0 Å². The van der Waals surface area contributed by atoms with Gasteiger partial charge in [-0.05, 0) is 32.6 Å². The second-order valence-electron chi connectivity index (χ2n) is 5.60. The molecule has 21 heavy (non-hydrogen) atoms. The van der Waals surface area contributed by atoms with Crippen molar-refractivity contribution in [3.05, 3.63) is 10.5 Å². The number of carbonyl (C=O) groups is 1. The Balaban J connectivity index is 1.63. The molecule has 1 aromatic heterocycles. The van der Waals surface area contributed by atoms with Crippen molar-refractivity contribution in [2.75, 3.05) is 6.61 Å². The maximum atomic E-state index is 12.0. The standard InChI is InChI=1S/C13H20N4O3S/c1-8(11(18)14-9-4-5-9)21-13-16-15-12(19)17(13)7-10-3-2-6-20-10/h8-10H,2-7H2,1H3,(H,14,18)(H,15,19)/t8-,10+/m0/s1. The molecule has 0 spiro atoms. The molecule has 1 saturated carbocycles. The van der Waals surface area contributed by atoms with Crippen molar-refractivity contribution in [1.29, 1.82) is 0 Å². The Kier molecular flexibility index (Phi) is 4.34. The summed E-state index contributed by atoms with van der Waals surface area (Å²) in [6.07, 6.45) is 4.18. The van der Waals surface area contributed by atoms with Crippen LogP contribution < -0.4 is 11.0 Å². The summed E-state index contributed by atoms with van der Waals surface area (Å²) in [6, 6.07) is 0.341. The number of aromatic nitrogens is 3. The molecule has 2 N–H and O–H groups in total. The van der Waals surface area contributed by atoms with Crippen molar-refractivity contribution < 1.29 is 9.53 Å². The van der Waals surface area contributed by atoms with Crippen LogP contribution in [0, 0.1) is 0 Å². The Morgan fingerprint density at radius 3 is 3.05 bits per heavy atom. The van der Waals surface area contributed by atoms with Gasteiger partial charge < -0.3 is 10.1 Å². The zero-order valence-electron chi connectivity index (χ0n) is 12.0. The van der Waals surface area contributed by atoms with Crippen LogP contribution in [0.1, 0.15) is 32.6 Å². The quantitative estimate of drug-likeness (QED) is 0.747. The van der Waals surface area contributed by atoms with E-state index in [1.807, 2.05) is 6.92 Å². The van der Waals surface area contributed by atoms with Crippen LogP contribution in [0.4, 0.5) is 0 Å². The van der Waals surface area contributed by atoms with E-state index in [1.54, 1.807) is 4.57 Å². The third-order valence-electron chi connectivity index (χ3n) is 3.71. The first-order valence-corrected chi connectivity index (χ1v) is 8.25. The van der Waals surface area contributed by atoms with E-state index < -0.39 is 0 Å². The maximum Gasteiger partial charge on any atom is 0.344 e. The van der Waals surface area contributed by atoms with Crippen molar-refractivity contribution in [2.24, 2.45) is 0 Å². The van der Waals surface area contributed by atoms with Crippen LogP contribution in [0.5, 0.6) is 0 Å². The van der Waals surface area contributed by atoms with Gasteiger partial charge in [0.1, 0.15) is 0 Å². The van der Waals surface area contributed by atoms with Crippen molar-refractivity contribution >= 4 is 17.7 Å². The van der Waals surface area contributed by atoms with Gasteiger partial charge in [-0.3, -0.25) is 9.36 Å². The van der Waals surface area contributed by atoms with Crippen molar-refractivity contribution in [3.8, 4) is 0 Å². The Morgan fingerprint density at radius 2 is 2.38 bits per heavy atom. The first-order valence-electron chi connectivity index (χ1n) is 7.37. The van der Waals surface area contributed by atoms with Crippen LogP contribution in [-0.4, -0.2) is 44.7 Å². The van der Waals surface area contributed by atoms with Crippen LogP contribution in [0.15, 0.2) is 9.95 Å². The molecule has 7 nitrogen and oxygen atoms in total. The van der Waals surface area contributed by atoms with Gasteiger partial charge in [0.2, 0.25) is 5.91 Å². The molecule has 3 rings (SSSR count). The molecule has 2 atom stereocenters. The topological polar surface area (TPSA) is 89.0 Å². The monoisotopic (exact) mass is 312 g/mol. The molecule has 1 amide bonds. The second-order valence-corrected chi connectivity index (χ2v) is 6.91. The van der Waals surface area contributed by atoms with Gasteiger partial charge in [-0.2, -0.15) is 0 Å². The molecule has 1 aliphatic heterocycles. The summed E-state index contributed by atoms with van der Waals surface area (Å²) in [5.41, 5.74) is -0.247. The summed E-state index contributed by atoms with van der Waals surface area (Å²) in [4.78, 5) is 23.8. The van der Waals surface area contributed by atoms with Gasteiger partial charge in [0.25, 0.3) is 0 Å². The number of nitrogens with zero attached hydrogens (tertiary/aromatic N) is 2. The highest BCUT2D eigenvalue weighted by Gasteiger charge is 2.27. The molecule has 1 saturated heterocycles. The predicted molar refractivity (Wildman–Crippen MR) is 78.3 cm³/mol. The zero-order valence-corrected chi connectivity index (χ0v) is 12.8. The molecule has 0 aromatic carbocycles. The fourth-order valence-electron chi connectivity index (χ4n) is 2.30. The Hall–Kier alpha value is -1.28. The Morgan fingerprint density at radius 1 is 1.57 bits per heavy atom. The van der Waals surface area contributed by atoms with E-state index in [2.05, 4.69) is 15.5 Å². The second kappa shape index (κ2) is 6.23. The maximum absolute atomic E-state index is 12.0. The van der Waals surface area contributed by atoms with E-state index in [9.17, 15) is 9.59 Å². The first-order chi connectivity index (χ1) is 10.1. The number of H-pyrrole nitrogens is 1. The van der Waals surface area contributed by atoms with Gasteiger partial charge in [0.15, 0.2) is 5.16 Å². The Bertz CT molecular complexity index is 560. The SMILES string of the molecule is C[C@H](Sc1n[nH]c(=O)n1C[C@H]1CCCO1)C(=O)NC1CC1. The van der Waals surface area contributed by atoms with Crippen LogP contribution >= 0.6 is 11.8 Å². The lowest BCUT2D eigenvalue weighted by Gasteiger charge is -2.13. The number of thioether (sulfide) groups is 1. The van der Waals surface area contributed by atoms with Gasteiger partial charge in [-0.15, -0.1) is 5.10 Å². The van der Waals surface area contributed by atoms with Crippen LogP contribution in [-0.2, 0) is 16.1 Å².